The Morgan fingerprint density at radius 3 is 2.82 bits per heavy atom. The Morgan fingerprint density at radius 1 is 1.53 bits per heavy atom. The molecule has 0 fully saturated rings. The lowest BCUT2D eigenvalue weighted by molar-refractivity contribution is -0.385. The first-order valence-electron chi connectivity index (χ1n) is 5.19. The topological polar surface area (TPSA) is 55.2 Å². The van der Waals surface area contributed by atoms with Crippen LogP contribution in [0.4, 0.5) is 10.1 Å². The van der Waals surface area contributed by atoms with Crippen LogP contribution in [0.2, 0.25) is 0 Å². The van der Waals surface area contributed by atoms with E-state index in [0.717, 1.165) is 11.8 Å². The van der Waals surface area contributed by atoms with Crippen LogP contribution in [0.1, 0.15) is 12.5 Å². The summed E-state index contributed by atoms with van der Waals surface area (Å²) in [4.78, 5) is 9.98. The van der Waals surface area contributed by atoms with Gasteiger partial charge in [0.2, 0.25) is 0 Å². The van der Waals surface area contributed by atoms with Crippen LogP contribution in [0.15, 0.2) is 18.2 Å². The molecule has 0 aliphatic heterocycles. The Bertz CT molecular complexity index is 401. The van der Waals surface area contributed by atoms with Crippen LogP contribution in [0.3, 0.4) is 0 Å². The normalized spacial score (nSPS) is 12.4. The van der Waals surface area contributed by atoms with Crippen molar-refractivity contribution >= 4 is 17.4 Å². The molecule has 6 heteroatoms. The van der Waals surface area contributed by atoms with Gasteiger partial charge in [0.15, 0.2) is 0 Å². The molecular weight excluding hydrogens is 243 g/mol. The minimum absolute atomic E-state index is 0.209. The maximum Gasteiger partial charge on any atom is 0.272 e. The average molecular weight is 258 g/mol. The van der Waals surface area contributed by atoms with E-state index in [1.165, 1.54) is 12.1 Å². The second kappa shape index (κ2) is 6.56. The highest BCUT2D eigenvalue weighted by molar-refractivity contribution is 7.98. The number of hydrogen-bond donors (Lipinski definition) is 1. The van der Waals surface area contributed by atoms with E-state index in [4.69, 9.17) is 0 Å². The molecule has 1 aromatic carbocycles. The summed E-state index contributed by atoms with van der Waals surface area (Å²) in [6.45, 7) is 2.45. The number of nitrogens with one attached hydrogen (secondary N) is 1. The minimum Gasteiger partial charge on any atom is -0.309 e. The van der Waals surface area contributed by atoms with Crippen LogP contribution in [0, 0.1) is 15.9 Å². The maximum absolute atomic E-state index is 13.1. The fourth-order valence-electron chi connectivity index (χ4n) is 1.44. The fraction of sp³-hybridized carbons (Fsp3) is 0.455. The summed E-state index contributed by atoms with van der Waals surface area (Å²) in [6, 6.07) is 3.91. The molecule has 0 spiro atoms. The van der Waals surface area contributed by atoms with Gasteiger partial charge in [0.25, 0.3) is 5.69 Å². The molecule has 0 aliphatic rings. The monoisotopic (exact) mass is 258 g/mol. The molecule has 0 heterocycles. The van der Waals surface area contributed by atoms with E-state index in [1.54, 1.807) is 11.8 Å². The molecule has 4 nitrogen and oxygen atoms in total. The predicted octanol–water partition coefficient (Wildman–Crippen LogP) is 2.58. The standard InChI is InChI=1S/C11H15FN2O2S/c1-8(7-17-2)13-6-9-3-10(12)5-11(4-9)14(15)16/h3-5,8,13H,6-7H2,1-2H3. The van der Waals surface area contributed by atoms with Crippen molar-refractivity contribution in [3.05, 3.63) is 39.7 Å². The third kappa shape index (κ3) is 4.70. The molecule has 0 radical (unpaired) electrons. The molecule has 0 amide bonds. The van der Waals surface area contributed by atoms with Gasteiger partial charge in [-0.05, 0) is 24.8 Å². The molecule has 0 aliphatic carbocycles. The molecule has 94 valence electrons. The van der Waals surface area contributed by atoms with Gasteiger partial charge in [-0.1, -0.05) is 0 Å². The number of benzene rings is 1. The van der Waals surface area contributed by atoms with Gasteiger partial charge in [-0.2, -0.15) is 11.8 Å². The second-order valence-electron chi connectivity index (χ2n) is 3.81. The highest BCUT2D eigenvalue weighted by Gasteiger charge is 2.10. The highest BCUT2D eigenvalue weighted by Crippen LogP contribution is 2.16. The number of hydrogen-bond acceptors (Lipinski definition) is 4. The number of rotatable bonds is 6. The van der Waals surface area contributed by atoms with Crippen molar-refractivity contribution in [2.45, 2.75) is 19.5 Å². The van der Waals surface area contributed by atoms with E-state index >= 15 is 0 Å². The Hall–Kier alpha value is -1.14. The molecule has 1 unspecified atom stereocenters. The molecule has 0 saturated carbocycles. The summed E-state index contributed by atoms with van der Waals surface area (Å²) in [6.07, 6.45) is 2.01. The van der Waals surface area contributed by atoms with Gasteiger partial charge in [0.1, 0.15) is 5.82 Å². The molecule has 0 aromatic heterocycles. The highest BCUT2D eigenvalue weighted by atomic mass is 32.2. The van der Waals surface area contributed by atoms with Gasteiger partial charge in [-0.3, -0.25) is 10.1 Å². The van der Waals surface area contributed by atoms with Gasteiger partial charge in [-0.25, -0.2) is 4.39 Å². The van der Waals surface area contributed by atoms with E-state index in [2.05, 4.69) is 5.32 Å². The number of thioether (sulfide) groups is 1. The fourth-order valence-corrected chi connectivity index (χ4v) is 2.06. The van der Waals surface area contributed by atoms with Gasteiger partial charge in [0.05, 0.1) is 11.0 Å². The van der Waals surface area contributed by atoms with Crippen LogP contribution < -0.4 is 5.32 Å². The molecular formula is C11H15FN2O2S. The largest absolute Gasteiger partial charge is 0.309 e. The first kappa shape index (κ1) is 13.9. The minimum atomic E-state index is -0.585. The van der Waals surface area contributed by atoms with Crippen molar-refractivity contribution in [2.24, 2.45) is 0 Å². The third-order valence-electron chi connectivity index (χ3n) is 2.22. The molecule has 1 rings (SSSR count). The predicted molar refractivity (Wildman–Crippen MR) is 67.7 cm³/mol. The zero-order valence-electron chi connectivity index (χ0n) is 9.77. The summed E-state index contributed by atoms with van der Waals surface area (Å²) >= 11 is 1.71. The zero-order chi connectivity index (χ0) is 12.8. The van der Waals surface area contributed by atoms with E-state index in [0.29, 0.717) is 12.1 Å². The zero-order valence-corrected chi connectivity index (χ0v) is 10.6. The summed E-state index contributed by atoms with van der Waals surface area (Å²) < 4.78 is 13.1. The van der Waals surface area contributed by atoms with Crippen LogP contribution >= 0.6 is 11.8 Å². The summed E-state index contributed by atoms with van der Waals surface area (Å²) in [5, 5.41) is 13.7. The molecule has 1 aromatic rings. The van der Waals surface area contributed by atoms with Gasteiger partial charge >= 0.3 is 0 Å². The van der Waals surface area contributed by atoms with Crippen LogP contribution in [0.5, 0.6) is 0 Å². The number of nitrogens with zero attached hydrogens (tertiary/aromatic N) is 1. The van der Waals surface area contributed by atoms with Gasteiger partial charge < -0.3 is 5.32 Å². The van der Waals surface area contributed by atoms with Crippen LogP contribution in [-0.2, 0) is 6.54 Å². The summed E-state index contributed by atoms with van der Waals surface area (Å²) in [5.74, 6) is 0.366. The Labute approximate surface area is 104 Å². The molecule has 17 heavy (non-hydrogen) atoms. The Morgan fingerprint density at radius 2 is 2.24 bits per heavy atom. The summed E-state index contributed by atoms with van der Waals surface area (Å²) in [5.41, 5.74) is 0.379. The second-order valence-corrected chi connectivity index (χ2v) is 4.72. The molecule has 0 bridgehead atoms. The van der Waals surface area contributed by atoms with Gasteiger partial charge in [-0.15, -0.1) is 0 Å². The van der Waals surface area contributed by atoms with Crippen molar-refractivity contribution in [2.75, 3.05) is 12.0 Å². The lowest BCUT2D eigenvalue weighted by Gasteiger charge is -2.12. The van der Waals surface area contributed by atoms with Crippen molar-refractivity contribution < 1.29 is 9.31 Å². The number of halogens is 1. The molecule has 1 atom stereocenters. The first-order valence-corrected chi connectivity index (χ1v) is 6.58. The van der Waals surface area contributed by atoms with E-state index in [-0.39, 0.29) is 11.7 Å². The van der Waals surface area contributed by atoms with E-state index < -0.39 is 10.7 Å². The lowest BCUT2D eigenvalue weighted by atomic mass is 10.2. The van der Waals surface area contributed by atoms with Crippen molar-refractivity contribution in [3.8, 4) is 0 Å². The van der Waals surface area contributed by atoms with E-state index in [9.17, 15) is 14.5 Å². The Kier molecular flexibility index (Phi) is 5.37. The van der Waals surface area contributed by atoms with Gasteiger partial charge in [0, 0.05) is 24.4 Å². The maximum atomic E-state index is 13.1. The first-order chi connectivity index (χ1) is 8.02. The van der Waals surface area contributed by atoms with E-state index in [1.807, 2.05) is 13.2 Å². The summed E-state index contributed by atoms with van der Waals surface area (Å²) in [7, 11) is 0. The molecule has 1 N–H and O–H groups in total. The number of non-ortho nitro benzene ring substituents is 1. The SMILES string of the molecule is CSCC(C)NCc1cc(F)cc([N+](=O)[O-])c1. The van der Waals surface area contributed by atoms with Crippen LogP contribution in [-0.4, -0.2) is 23.0 Å². The van der Waals surface area contributed by atoms with Crippen molar-refractivity contribution in [1.82, 2.24) is 5.32 Å². The lowest BCUT2D eigenvalue weighted by Crippen LogP contribution is -2.27. The number of nitro benzene ring substituents is 1. The van der Waals surface area contributed by atoms with Crippen LogP contribution in [0.25, 0.3) is 0 Å². The quantitative estimate of drug-likeness (QED) is 0.629. The number of nitro groups is 1. The smallest absolute Gasteiger partial charge is 0.272 e. The van der Waals surface area contributed by atoms with Crippen molar-refractivity contribution in [1.29, 1.82) is 0 Å². The molecule has 0 saturated heterocycles. The average Bonchev–Trinajstić information content (AvgIpc) is 2.26. The third-order valence-corrected chi connectivity index (χ3v) is 3.06. The van der Waals surface area contributed by atoms with Crippen molar-refractivity contribution in [3.63, 3.8) is 0 Å². The Balaban J connectivity index is 2.68.